The van der Waals surface area contributed by atoms with Crippen molar-refractivity contribution >= 4 is 78.4 Å². The number of hydrogen-bond acceptors (Lipinski definition) is 6. The maximum absolute atomic E-state index is 8.80. The predicted molar refractivity (Wildman–Crippen MR) is 243 cm³/mol. The van der Waals surface area contributed by atoms with Crippen molar-refractivity contribution in [2.45, 2.75) is 77.8 Å². The summed E-state index contributed by atoms with van der Waals surface area (Å²) in [5.41, 5.74) is 7.37. The molecule has 0 spiro atoms. The Morgan fingerprint density at radius 1 is 0.593 bits per heavy atom. The van der Waals surface area contributed by atoms with E-state index in [2.05, 4.69) is 177 Å². The van der Waals surface area contributed by atoms with Crippen molar-refractivity contribution in [3.63, 3.8) is 0 Å². The monoisotopic (exact) mass is 826 g/mol. The van der Waals surface area contributed by atoms with Crippen LogP contribution in [0.2, 0.25) is 36.3 Å². The van der Waals surface area contributed by atoms with Crippen molar-refractivity contribution in [1.82, 2.24) is 18.4 Å². The highest BCUT2D eigenvalue weighted by atomic mass is 79.9. The third-order valence-electron chi connectivity index (χ3n) is 11.3. The first-order valence-electron chi connectivity index (χ1n) is 18.5. The van der Waals surface area contributed by atoms with Crippen LogP contribution in [-0.4, -0.2) is 80.3 Å². The lowest BCUT2D eigenvalue weighted by molar-refractivity contribution is 0.426. The Morgan fingerprint density at radius 2 is 1.00 bits per heavy atom. The number of hydrogen-bond donors (Lipinski definition) is 2. The summed E-state index contributed by atoms with van der Waals surface area (Å²) in [6.45, 7) is 23.6. The van der Waals surface area contributed by atoms with Crippen LogP contribution in [0.5, 0.6) is 0 Å². The molecule has 0 aliphatic rings. The van der Waals surface area contributed by atoms with E-state index in [0.717, 1.165) is 21.5 Å². The molecule has 4 heterocycles. The molecular weight excluding hydrogens is 767 g/mol. The van der Waals surface area contributed by atoms with E-state index in [4.69, 9.17) is 15.0 Å². The molecule has 12 heteroatoms. The average Bonchev–Trinajstić information content (AvgIpc) is 3.72. The summed E-state index contributed by atoms with van der Waals surface area (Å²) in [5, 5.41) is 20.6. The average molecular weight is 828 g/mol. The van der Waals surface area contributed by atoms with Gasteiger partial charge in [-0.2, -0.15) is 0 Å². The van der Waals surface area contributed by atoms with E-state index in [0.29, 0.717) is 10.5 Å². The van der Waals surface area contributed by atoms with Gasteiger partial charge in [0.15, 0.2) is 16.5 Å². The molecule has 0 aliphatic carbocycles. The first-order valence-corrected chi connectivity index (χ1v) is 25.2. The van der Waals surface area contributed by atoms with Crippen molar-refractivity contribution in [3.8, 4) is 11.1 Å². The van der Waals surface area contributed by atoms with E-state index in [9.17, 15) is 0 Å². The zero-order valence-electron chi connectivity index (χ0n) is 34.8. The number of pyridine rings is 2. The number of halogens is 1. The number of fused-ring (bicyclic) bond motifs is 2. The molecule has 0 atom stereocenters. The van der Waals surface area contributed by atoms with Crippen LogP contribution < -0.4 is 15.3 Å². The first kappa shape index (κ1) is 43.1. The van der Waals surface area contributed by atoms with Crippen LogP contribution in [0.3, 0.4) is 0 Å². The highest BCUT2D eigenvalue weighted by Gasteiger charge is 2.39. The molecule has 288 valence electrons. The number of nitrogens with zero attached hydrogens (tertiary/aromatic N) is 6. The Labute approximate surface area is 334 Å². The lowest BCUT2D eigenvalue weighted by atomic mass is 9.80. The van der Waals surface area contributed by atoms with Crippen LogP contribution in [0.1, 0.15) is 41.5 Å². The lowest BCUT2D eigenvalue weighted by Crippen LogP contribution is -2.45. The van der Waals surface area contributed by atoms with E-state index >= 15 is 0 Å². The summed E-state index contributed by atoms with van der Waals surface area (Å²) in [6.07, 6.45) is 8.32. The number of anilines is 2. The fourth-order valence-electron chi connectivity index (χ4n) is 5.70. The van der Waals surface area contributed by atoms with Gasteiger partial charge in [0.25, 0.3) is 0 Å². The number of benzene rings is 2. The molecule has 8 nitrogen and oxygen atoms in total. The molecule has 0 saturated heterocycles. The normalized spacial score (nSPS) is 12.2. The van der Waals surface area contributed by atoms with Crippen LogP contribution in [0.25, 0.3) is 33.2 Å². The minimum atomic E-state index is -1.66. The largest absolute Gasteiger partial charge is 0.488 e. The number of rotatable bonds is 6. The second kappa shape index (κ2) is 16.6. The van der Waals surface area contributed by atoms with Gasteiger partial charge in [-0.25, -0.2) is 9.97 Å². The second-order valence-corrected chi connectivity index (χ2v) is 28.6. The molecule has 0 radical (unpaired) electrons. The maximum Gasteiger partial charge on any atom is 0.488 e. The molecule has 54 heavy (non-hydrogen) atoms. The molecule has 6 rings (SSSR count). The highest BCUT2D eigenvalue weighted by molar-refractivity contribution is 9.10. The Kier molecular flexibility index (Phi) is 13.2. The van der Waals surface area contributed by atoms with Gasteiger partial charge in [0.2, 0.25) is 0 Å². The van der Waals surface area contributed by atoms with E-state index in [-0.39, 0.29) is 5.04 Å². The van der Waals surface area contributed by atoms with Crippen molar-refractivity contribution in [2.24, 2.45) is 0 Å². The fraction of sp³-hybridized carbons (Fsp3) is 0.381. The van der Waals surface area contributed by atoms with Gasteiger partial charge in [-0.1, -0.05) is 92.0 Å². The van der Waals surface area contributed by atoms with Gasteiger partial charge in [0.1, 0.15) is 11.3 Å². The molecule has 0 saturated carbocycles. The van der Waals surface area contributed by atoms with E-state index in [1.807, 2.05) is 43.5 Å². The van der Waals surface area contributed by atoms with Crippen molar-refractivity contribution < 1.29 is 10.0 Å². The maximum atomic E-state index is 8.80. The zero-order chi connectivity index (χ0) is 40.4. The summed E-state index contributed by atoms with van der Waals surface area (Å²) in [4.78, 5) is 13.5. The summed E-state index contributed by atoms with van der Waals surface area (Å²) >= 11 is 3.47. The van der Waals surface area contributed by atoms with E-state index in [1.54, 1.807) is 12.1 Å². The van der Waals surface area contributed by atoms with Gasteiger partial charge in [0, 0.05) is 72.8 Å². The van der Waals surface area contributed by atoms with Crippen LogP contribution in [0, 0.1) is 0 Å². The molecule has 0 unspecified atom stereocenters. The smallest absolute Gasteiger partial charge is 0.423 e. The van der Waals surface area contributed by atoms with Crippen molar-refractivity contribution in [1.29, 1.82) is 0 Å². The van der Waals surface area contributed by atoms with Gasteiger partial charge in [0.05, 0.1) is 0 Å². The summed E-state index contributed by atoms with van der Waals surface area (Å²) in [5.74, 6) is 0. The SMILES string of the molecule is CC(C)(C)[Si](C)(C)n1ccc2cc(Br)cnc21.CN(C)c1ccc(-c2cnc3c(ccn3[Si](C)(C)C(C)(C)C)c2)cc1.CN(C)c1ccc(B(O)O)cc1. The molecular formula is C42H60BBrN6O2Si2. The highest BCUT2D eigenvalue weighted by Crippen LogP contribution is 2.40. The topological polar surface area (TPSA) is 82.6 Å². The summed E-state index contributed by atoms with van der Waals surface area (Å²) < 4.78 is 5.90. The van der Waals surface area contributed by atoms with Gasteiger partial charge in [-0.05, 0) is 98.0 Å². The van der Waals surface area contributed by atoms with Crippen molar-refractivity contribution in [3.05, 3.63) is 102 Å². The quantitative estimate of drug-likeness (QED) is 0.163. The second-order valence-electron chi connectivity index (χ2n) is 17.5. The van der Waals surface area contributed by atoms with Gasteiger partial charge in [-0.3, -0.25) is 0 Å². The minimum absolute atomic E-state index is 0.279. The van der Waals surface area contributed by atoms with Gasteiger partial charge < -0.3 is 28.3 Å². The Bertz CT molecular complexity index is 2120. The molecule has 2 aromatic carbocycles. The fourth-order valence-corrected chi connectivity index (χ4v) is 9.82. The Hall–Kier alpha value is -3.68. The molecule has 0 fully saturated rings. The molecule has 0 aliphatic heterocycles. The van der Waals surface area contributed by atoms with Crippen LogP contribution in [0.15, 0.2) is 102 Å². The number of aromatic nitrogens is 4. The first-order chi connectivity index (χ1) is 25.0. The van der Waals surface area contributed by atoms with Gasteiger partial charge >= 0.3 is 7.12 Å². The van der Waals surface area contributed by atoms with Crippen molar-refractivity contribution in [2.75, 3.05) is 38.0 Å². The molecule has 0 bridgehead atoms. The van der Waals surface area contributed by atoms with Crippen LogP contribution >= 0.6 is 15.9 Å². The predicted octanol–water partition coefficient (Wildman–Crippen LogP) is 9.71. The minimum Gasteiger partial charge on any atom is -0.423 e. The van der Waals surface area contributed by atoms with E-state index < -0.39 is 23.6 Å². The Morgan fingerprint density at radius 3 is 1.41 bits per heavy atom. The van der Waals surface area contributed by atoms with E-state index in [1.165, 1.54) is 27.6 Å². The molecule has 2 N–H and O–H groups in total. The third kappa shape index (κ3) is 9.57. The molecule has 0 amide bonds. The standard InChI is InChI=1S/C21H29N3Si.C13H19BrN2Si.C8H12BNO2/c1-21(2,3)25(6,7)24-13-12-17-14-18(15-22-20(17)24)16-8-10-19(11-9-16)23(4)5;1-13(2,3)17(4,5)16-7-6-10-8-11(14)9-15-12(10)16;1-10(2)8-5-3-7(4-6-8)9(11)12/h8-15H,1-7H3;6-9H,1-5H3;3-6,11-12H,1-2H3. The van der Waals surface area contributed by atoms with Gasteiger partial charge in [-0.15, -0.1) is 0 Å². The summed E-state index contributed by atoms with van der Waals surface area (Å²) in [7, 11) is 3.39. The third-order valence-corrected chi connectivity index (χ3v) is 22.2. The van der Waals surface area contributed by atoms with Crippen LogP contribution in [-0.2, 0) is 0 Å². The zero-order valence-corrected chi connectivity index (χ0v) is 38.4. The molecule has 4 aromatic heterocycles. The lowest BCUT2D eigenvalue weighted by Gasteiger charge is -2.38. The molecule has 6 aromatic rings. The summed E-state index contributed by atoms with van der Waals surface area (Å²) in [6, 6.07) is 24.5. The Balaban J connectivity index is 0.000000194. The van der Waals surface area contributed by atoms with Crippen LogP contribution in [0.4, 0.5) is 11.4 Å².